The number of rotatable bonds is 5. The number of carbonyl (C=O) groups is 1. The van der Waals surface area contributed by atoms with Gasteiger partial charge in [0.05, 0.1) is 24.2 Å². The molecule has 2 spiro atoms. The molecule has 1 amide bonds. The molecule has 3 heterocycles. The second-order valence-corrected chi connectivity index (χ2v) is 11.3. The topological polar surface area (TPSA) is 80.7 Å². The van der Waals surface area contributed by atoms with Crippen molar-refractivity contribution in [3.8, 4) is 11.5 Å². The summed E-state index contributed by atoms with van der Waals surface area (Å²) < 4.78 is 25.2. The maximum atomic E-state index is 12.9. The fourth-order valence-electron chi connectivity index (χ4n) is 7.92. The van der Waals surface area contributed by atoms with Gasteiger partial charge in [-0.15, -0.1) is 0 Å². The predicted octanol–water partition coefficient (Wildman–Crippen LogP) is 2.83. The van der Waals surface area contributed by atoms with Crippen molar-refractivity contribution in [3.63, 3.8) is 0 Å². The Morgan fingerprint density at radius 1 is 1.17 bits per heavy atom. The lowest BCUT2D eigenvalue weighted by Crippen LogP contribution is -2.79. The average molecular weight is 485 g/mol. The van der Waals surface area contributed by atoms with Crippen LogP contribution in [0.1, 0.15) is 57.1 Å². The second-order valence-electron chi connectivity index (χ2n) is 11.3. The van der Waals surface area contributed by atoms with Crippen molar-refractivity contribution in [1.29, 1.82) is 0 Å². The van der Waals surface area contributed by atoms with Gasteiger partial charge in [-0.25, -0.2) is 4.79 Å². The van der Waals surface area contributed by atoms with Gasteiger partial charge >= 0.3 is 6.09 Å². The summed E-state index contributed by atoms with van der Waals surface area (Å²) in [6.07, 6.45) is 4.51. The van der Waals surface area contributed by atoms with Crippen LogP contribution >= 0.6 is 0 Å². The molecular weight excluding hydrogens is 448 g/mol. The van der Waals surface area contributed by atoms with Crippen molar-refractivity contribution in [3.05, 3.63) is 23.3 Å². The van der Waals surface area contributed by atoms with Crippen LogP contribution in [-0.4, -0.2) is 83.9 Å². The number of likely N-dealkylation sites (tertiary alicyclic amines) is 1. The van der Waals surface area contributed by atoms with Crippen molar-refractivity contribution < 1.29 is 28.8 Å². The van der Waals surface area contributed by atoms with Gasteiger partial charge in [0.1, 0.15) is 0 Å². The third-order valence-electron chi connectivity index (χ3n) is 9.75. The Bertz CT molecular complexity index is 1050. The highest BCUT2D eigenvalue weighted by Crippen LogP contribution is 2.68. The van der Waals surface area contributed by atoms with E-state index in [1.807, 2.05) is 19.9 Å². The summed E-state index contributed by atoms with van der Waals surface area (Å²) in [6, 6.07) is 4.00. The van der Waals surface area contributed by atoms with Gasteiger partial charge in [-0.3, -0.25) is 4.90 Å². The van der Waals surface area contributed by atoms with Crippen LogP contribution in [0, 0.1) is 5.92 Å². The number of ether oxygens (including phenoxy) is 4. The molecule has 8 nitrogen and oxygen atoms in total. The van der Waals surface area contributed by atoms with Crippen LogP contribution in [-0.2, 0) is 21.3 Å². The van der Waals surface area contributed by atoms with Gasteiger partial charge in [-0.2, -0.15) is 0 Å². The third-order valence-corrected chi connectivity index (χ3v) is 9.75. The zero-order valence-electron chi connectivity index (χ0n) is 20.8. The van der Waals surface area contributed by atoms with Crippen molar-refractivity contribution in [2.24, 2.45) is 5.92 Å². The highest BCUT2D eigenvalue weighted by molar-refractivity contribution is 5.73. The Morgan fingerprint density at radius 2 is 1.94 bits per heavy atom. The predicted molar refractivity (Wildman–Crippen MR) is 127 cm³/mol. The van der Waals surface area contributed by atoms with E-state index in [4.69, 9.17) is 18.9 Å². The summed E-state index contributed by atoms with van der Waals surface area (Å²) in [4.78, 5) is 17.1. The lowest BCUT2D eigenvalue weighted by Gasteiger charge is -2.65. The molecule has 3 aliphatic carbocycles. The maximum absolute atomic E-state index is 12.9. The molecule has 190 valence electrons. The van der Waals surface area contributed by atoms with Crippen molar-refractivity contribution in [2.75, 3.05) is 39.4 Å². The lowest BCUT2D eigenvalue weighted by atomic mass is 9.48. The monoisotopic (exact) mass is 484 g/mol. The smallest absolute Gasteiger partial charge is 0.415 e. The first kappa shape index (κ1) is 22.3. The summed E-state index contributed by atoms with van der Waals surface area (Å²) >= 11 is 0. The fourth-order valence-corrected chi connectivity index (χ4v) is 7.92. The fraction of sp³-hybridized carbons (Fsp3) is 0.741. The Morgan fingerprint density at radius 3 is 2.66 bits per heavy atom. The minimum Gasteiger partial charge on any atom is -0.479 e. The number of carbonyl (C=O) groups excluding carboxylic acids is 1. The number of fused-ring (bicyclic) bond motifs is 1. The summed E-state index contributed by atoms with van der Waals surface area (Å²) in [5.41, 5.74) is 0.636. The number of benzene rings is 1. The Labute approximate surface area is 206 Å². The van der Waals surface area contributed by atoms with Crippen LogP contribution in [0.25, 0.3) is 0 Å². The highest BCUT2D eigenvalue weighted by atomic mass is 16.8. The van der Waals surface area contributed by atoms with E-state index in [2.05, 4.69) is 11.0 Å². The molecule has 8 heteroatoms. The number of piperidine rings is 1. The van der Waals surface area contributed by atoms with Gasteiger partial charge in [-0.1, -0.05) is 6.07 Å². The van der Waals surface area contributed by atoms with Crippen LogP contribution in [0.3, 0.4) is 0 Å². The molecule has 2 bridgehead atoms. The molecule has 2 saturated carbocycles. The van der Waals surface area contributed by atoms with Crippen molar-refractivity contribution in [1.82, 2.24) is 9.80 Å². The van der Waals surface area contributed by atoms with Crippen LogP contribution in [0.4, 0.5) is 4.79 Å². The van der Waals surface area contributed by atoms with Crippen LogP contribution in [0.5, 0.6) is 11.5 Å². The van der Waals surface area contributed by atoms with Gasteiger partial charge < -0.3 is 29.0 Å². The molecule has 1 aromatic rings. The van der Waals surface area contributed by atoms with Crippen molar-refractivity contribution >= 4 is 6.09 Å². The first-order valence-corrected chi connectivity index (χ1v) is 13.5. The molecule has 4 fully saturated rings. The largest absolute Gasteiger partial charge is 0.479 e. The number of nitrogens with zero attached hydrogens (tertiary/aromatic N) is 2. The van der Waals surface area contributed by atoms with E-state index >= 15 is 0 Å². The molecule has 3 aliphatic heterocycles. The molecule has 1 N–H and O–H groups in total. The summed E-state index contributed by atoms with van der Waals surface area (Å²) in [6.45, 7) is 8.06. The molecule has 35 heavy (non-hydrogen) atoms. The van der Waals surface area contributed by atoms with E-state index in [1.54, 1.807) is 4.90 Å². The maximum Gasteiger partial charge on any atom is 0.415 e. The third kappa shape index (κ3) is 2.85. The lowest BCUT2D eigenvalue weighted by molar-refractivity contribution is -0.296. The molecule has 7 rings (SSSR count). The van der Waals surface area contributed by atoms with E-state index in [0.717, 1.165) is 37.4 Å². The minimum absolute atomic E-state index is 0.0456. The van der Waals surface area contributed by atoms with Crippen LogP contribution in [0.2, 0.25) is 0 Å². The molecule has 6 aliphatic rings. The average Bonchev–Trinajstić information content (AvgIpc) is 3.40. The summed E-state index contributed by atoms with van der Waals surface area (Å²) in [7, 11) is 0. The van der Waals surface area contributed by atoms with E-state index in [0.29, 0.717) is 50.6 Å². The molecule has 2 saturated heterocycles. The van der Waals surface area contributed by atoms with Crippen LogP contribution < -0.4 is 9.47 Å². The molecule has 4 atom stereocenters. The second kappa shape index (κ2) is 7.57. The van der Waals surface area contributed by atoms with E-state index < -0.39 is 22.9 Å². The Kier molecular flexibility index (Phi) is 4.83. The van der Waals surface area contributed by atoms with E-state index in [9.17, 15) is 9.90 Å². The van der Waals surface area contributed by atoms with Crippen LogP contribution in [0.15, 0.2) is 12.1 Å². The Balaban J connectivity index is 1.36. The van der Waals surface area contributed by atoms with Gasteiger partial charge in [0.25, 0.3) is 0 Å². The van der Waals surface area contributed by atoms with E-state index in [-0.39, 0.29) is 12.1 Å². The van der Waals surface area contributed by atoms with E-state index in [1.165, 1.54) is 18.4 Å². The normalized spacial score (nSPS) is 36.1. The van der Waals surface area contributed by atoms with Gasteiger partial charge in [0, 0.05) is 37.7 Å². The number of aliphatic hydroxyl groups is 1. The standard InChI is InChI=1S/C27H36N2O6/c1-3-28(4-2)24(30)34-19-8-7-18-15-20-26(31)9-10-27(32-13-14-33-27)23-25(26,21(18)22(19)35-23)11-12-29(20)16-17-5-6-17/h7-8,17,20,23,31H,3-6,9-16H2,1-2H3/t20-,23-,25+,26-/m1/s1. The van der Waals surface area contributed by atoms with Crippen molar-refractivity contribution in [2.45, 2.75) is 81.3 Å². The van der Waals surface area contributed by atoms with Gasteiger partial charge in [0.2, 0.25) is 5.79 Å². The number of hydrogen-bond donors (Lipinski definition) is 1. The van der Waals surface area contributed by atoms with Gasteiger partial charge in [-0.05, 0) is 70.0 Å². The summed E-state index contributed by atoms with van der Waals surface area (Å²) in [5, 5.41) is 12.6. The minimum atomic E-state index is -0.939. The molecule has 1 aromatic carbocycles. The summed E-state index contributed by atoms with van der Waals surface area (Å²) in [5.74, 6) is 0.918. The SMILES string of the molecule is CCN(CC)C(=O)Oc1ccc2c3c1O[C@H]1C4(CC[C@@]5(O)[C@@H](C2)N(CC2CC2)CC[C@]315)OCCO4. The molecule has 0 aromatic heterocycles. The zero-order valence-corrected chi connectivity index (χ0v) is 20.8. The first-order valence-electron chi connectivity index (χ1n) is 13.5. The first-order chi connectivity index (χ1) is 17.0. The van der Waals surface area contributed by atoms with Gasteiger partial charge in [0.15, 0.2) is 17.6 Å². The number of hydrogen-bond acceptors (Lipinski definition) is 7. The Hall–Kier alpha value is -1.87. The zero-order chi connectivity index (χ0) is 24.0. The molecular formula is C27H36N2O6. The quantitative estimate of drug-likeness (QED) is 0.688. The molecule has 0 unspecified atom stereocenters. The highest BCUT2D eigenvalue weighted by Gasteiger charge is 2.77. The number of amides is 1. The molecule has 0 radical (unpaired) electrons.